The zero-order valence-electron chi connectivity index (χ0n) is 13.9. The number of nitrogens with one attached hydrogen (secondary N) is 1. The fourth-order valence-electron chi connectivity index (χ4n) is 2.26. The zero-order chi connectivity index (χ0) is 17.4. The number of amides is 1. The summed E-state index contributed by atoms with van der Waals surface area (Å²) in [6.07, 6.45) is 1.12. The Labute approximate surface area is 147 Å². The topological polar surface area (TPSA) is 47.6 Å². The van der Waals surface area contributed by atoms with Crippen molar-refractivity contribution in [2.24, 2.45) is 0 Å². The van der Waals surface area contributed by atoms with Crippen molar-refractivity contribution >= 4 is 17.5 Å². The molecule has 0 fully saturated rings. The van der Waals surface area contributed by atoms with Crippen LogP contribution in [0.3, 0.4) is 0 Å². The molecule has 0 saturated heterocycles. The van der Waals surface area contributed by atoms with E-state index in [-0.39, 0.29) is 5.91 Å². The maximum absolute atomic E-state index is 12.1. The molecule has 1 atom stereocenters. The fraction of sp³-hybridized carbons (Fsp3) is 0.316. The SMILES string of the molecule is COc1cccc(CCCNC(=O)[C@@H](C)Oc2ccccc2Cl)c1. The first-order valence-electron chi connectivity index (χ1n) is 7.92. The van der Waals surface area contributed by atoms with Gasteiger partial charge in [0, 0.05) is 6.54 Å². The molecule has 0 aliphatic carbocycles. The van der Waals surface area contributed by atoms with Crippen LogP contribution in [-0.4, -0.2) is 25.7 Å². The monoisotopic (exact) mass is 347 g/mol. The number of hydrogen-bond donors (Lipinski definition) is 1. The van der Waals surface area contributed by atoms with Crippen LogP contribution in [0.1, 0.15) is 18.9 Å². The van der Waals surface area contributed by atoms with Crippen molar-refractivity contribution in [2.75, 3.05) is 13.7 Å². The van der Waals surface area contributed by atoms with E-state index in [9.17, 15) is 4.79 Å². The van der Waals surface area contributed by atoms with Crippen LogP contribution < -0.4 is 14.8 Å². The molecular weight excluding hydrogens is 326 g/mol. The Balaban J connectivity index is 1.73. The smallest absolute Gasteiger partial charge is 0.260 e. The first-order valence-corrected chi connectivity index (χ1v) is 8.30. The van der Waals surface area contributed by atoms with Crippen molar-refractivity contribution in [1.82, 2.24) is 5.32 Å². The Morgan fingerprint density at radius 1 is 1.21 bits per heavy atom. The van der Waals surface area contributed by atoms with Crippen molar-refractivity contribution in [3.8, 4) is 11.5 Å². The van der Waals surface area contributed by atoms with E-state index < -0.39 is 6.10 Å². The third-order valence-corrected chi connectivity index (χ3v) is 3.90. The van der Waals surface area contributed by atoms with Gasteiger partial charge in [0.1, 0.15) is 11.5 Å². The predicted octanol–water partition coefficient (Wildman–Crippen LogP) is 3.86. The Hall–Kier alpha value is -2.20. The van der Waals surface area contributed by atoms with Crippen LogP contribution in [0.2, 0.25) is 5.02 Å². The van der Waals surface area contributed by atoms with Crippen LogP contribution in [0.5, 0.6) is 11.5 Å². The number of ether oxygens (including phenoxy) is 2. The first-order chi connectivity index (χ1) is 11.6. The van der Waals surface area contributed by atoms with Gasteiger partial charge in [-0.1, -0.05) is 35.9 Å². The second kappa shape index (κ2) is 9.18. The van der Waals surface area contributed by atoms with Gasteiger partial charge < -0.3 is 14.8 Å². The molecule has 0 spiro atoms. The Kier molecular flexibility index (Phi) is 6.94. The summed E-state index contributed by atoms with van der Waals surface area (Å²) >= 11 is 6.03. The summed E-state index contributed by atoms with van der Waals surface area (Å²) in [5, 5.41) is 3.38. The highest BCUT2D eigenvalue weighted by Crippen LogP contribution is 2.24. The summed E-state index contributed by atoms with van der Waals surface area (Å²) < 4.78 is 10.8. The lowest BCUT2D eigenvalue weighted by Crippen LogP contribution is -2.37. The normalized spacial score (nSPS) is 11.6. The van der Waals surface area contributed by atoms with E-state index in [1.807, 2.05) is 36.4 Å². The third-order valence-electron chi connectivity index (χ3n) is 3.59. The van der Waals surface area contributed by atoms with Crippen LogP contribution in [0.4, 0.5) is 0 Å². The molecule has 1 amide bonds. The minimum absolute atomic E-state index is 0.152. The number of para-hydroxylation sites is 1. The molecule has 0 unspecified atom stereocenters. The quantitative estimate of drug-likeness (QED) is 0.737. The highest BCUT2D eigenvalue weighted by molar-refractivity contribution is 6.32. The van der Waals surface area contributed by atoms with Crippen molar-refractivity contribution in [3.63, 3.8) is 0 Å². The second-order valence-electron chi connectivity index (χ2n) is 5.44. The maximum atomic E-state index is 12.1. The molecule has 128 valence electrons. The number of halogens is 1. The molecule has 4 nitrogen and oxygen atoms in total. The molecule has 2 aromatic rings. The van der Waals surface area contributed by atoms with Gasteiger partial charge in [-0.3, -0.25) is 4.79 Å². The number of methoxy groups -OCH3 is 1. The van der Waals surface area contributed by atoms with Gasteiger partial charge in [0.25, 0.3) is 5.91 Å². The van der Waals surface area contributed by atoms with Crippen molar-refractivity contribution in [2.45, 2.75) is 25.9 Å². The lowest BCUT2D eigenvalue weighted by atomic mass is 10.1. The summed E-state index contributed by atoms with van der Waals surface area (Å²) in [5.41, 5.74) is 1.18. The number of carbonyl (C=O) groups excluding carboxylic acids is 1. The van der Waals surface area contributed by atoms with E-state index in [0.29, 0.717) is 17.3 Å². The van der Waals surface area contributed by atoms with Crippen molar-refractivity contribution in [1.29, 1.82) is 0 Å². The molecular formula is C19H22ClNO3. The molecule has 0 aliphatic heterocycles. The van der Waals surface area contributed by atoms with Gasteiger partial charge in [-0.15, -0.1) is 0 Å². The molecule has 0 bridgehead atoms. The van der Waals surface area contributed by atoms with Gasteiger partial charge in [0.2, 0.25) is 0 Å². The highest BCUT2D eigenvalue weighted by atomic mass is 35.5. The Bertz CT molecular complexity index is 675. The van der Waals surface area contributed by atoms with Crippen molar-refractivity contribution < 1.29 is 14.3 Å². The fourth-order valence-corrected chi connectivity index (χ4v) is 2.44. The summed E-state index contributed by atoms with van der Waals surface area (Å²) in [7, 11) is 1.65. The summed E-state index contributed by atoms with van der Waals surface area (Å²) in [6, 6.07) is 15.0. The average molecular weight is 348 g/mol. The second-order valence-corrected chi connectivity index (χ2v) is 5.84. The van der Waals surface area contributed by atoms with Gasteiger partial charge >= 0.3 is 0 Å². The van der Waals surface area contributed by atoms with Gasteiger partial charge in [0.05, 0.1) is 12.1 Å². The van der Waals surface area contributed by atoms with Crippen LogP contribution in [0, 0.1) is 0 Å². The minimum atomic E-state index is -0.596. The van der Waals surface area contributed by atoms with Gasteiger partial charge in [-0.2, -0.15) is 0 Å². The summed E-state index contributed by atoms with van der Waals surface area (Å²) in [6.45, 7) is 2.30. The molecule has 0 aliphatic rings. The molecule has 5 heteroatoms. The van der Waals surface area contributed by atoms with E-state index in [4.69, 9.17) is 21.1 Å². The van der Waals surface area contributed by atoms with E-state index in [1.165, 1.54) is 5.56 Å². The number of carbonyl (C=O) groups is 1. The average Bonchev–Trinajstić information content (AvgIpc) is 2.60. The standard InChI is InChI=1S/C19H22ClNO3/c1-14(24-18-11-4-3-10-17(18)20)19(22)21-12-6-8-15-7-5-9-16(13-15)23-2/h3-5,7,9-11,13-14H,6,8,12H2,1-2H3,(H,21,22)/t14-/m1/s1. The number of benzene rings is 2. The predicted molar refractivity (Wildman–Crippen MR) is 95.9 cm³/mol. The zero-order valence-corrected chi connectivity index (χ0v) is 14.7. The molecule has 24 heavy (non-hydrogen) atoms. The first kappa shape index (κ1) is 18.1. The van der Waals surface area contributed by atoms with E-state index in [0.717, 1.165) is 18.6 Å². The molecule has 2 aromatic carbocycles. The third kappa shape index (κ3) is 5.46. The van der Waals surface area contributed by atoms with Crippen LogP contribution in [-0.2, 0) is 11.2 Å². The minimum Gasteiger partial charge on any atom is -0.497 e. The Morgan fingerprint density at radius 3 is 2.75 bits per heavy atom. The molecule has 0 saturated carbocycles. The van der Waals surface area contributed by atoms with Gasteiger partial charge in [-0.25, -0.2) is 0 Å². The number of hydrogen-bond acceptors (Lipinski definition) is 3. The maximum Gasteiger partial charge on any atom is 0.260 e. The molecule has 2 rings (SSSR count). The molecule has 0 heterocycles. The number of rotatable bonds is 8. The van der Waals surface area contributed by atoms with E-state index in [1.54, 1.807) is 26.2 Å². The lowest BCUT2D eigenvalue weighted by Gasteiger charge is -2.15. The van der Waals surface area contributed by atoms with E-state index in [2.05, 4.69) is 5.32 Å². The highest BCUT2D eigenvalue weighted by Gasteiger charge is 2.15. The van der Waals surface area contributed by atoms with Gasteiger partial charge in [-0.05, 0) is 49.6 Å². The van der Waals surface area contributed by atoms with E-state index >= 15 is 0 Å². The van der Waals surface area contributed by atoms with Crippen LogP contribution in [0.25, 0.3) is 0 Å². The molecule has 0 radical (unpaired) electrons. The largest absolute Gasteiger partial charge is 0.497 e. The summed E-state index contributed by atoms with van der Waals surface area (Å²) in [4.78, 5) is 12.1. The lowest BCUT2D eigenvalue weighted by molar-refractivity contribution is -0.127. The van der Waals surface area contributed by atoms with Gasteiger partial charge in [0.15, 0.2) is 6.10 Å². The Morgan fingerprint density at radius 2 is 2.00 bits per heavy atom. The van der Waals surface area contributed by atoms with Crippen LogP contribution in [0.15, 0.2) is 48.5 Å². The van der Waals surface area contributed by atoms with Crippen LogP contribution >= 0.6 is 11.6 Å². The number of aryl methyl sites for hydroxylation is 1. The molecule has 0 aromatic heterocycles. The van der Waals surface area contributed by atoms with Crippen molar-refractivity contribution in [3.05, 3.63) is 59.1 Å². The summed E-state index contributed by atoms with van der Waals surface area (Å²) in [5.74, 6) is 1.21. The molecule has 1 N–H and O–H groups in total.